The average molecular weight is 376 g/mol. The molecule has 21 heavy (non-hydrogen) atoms. The molecular formula is C14H18BrNO4S. The molecule has 1 atom stereocenters. The van der Waals surface area contributed by atoms with E-state index in [0.29, 0.717) is 12.8 Å². The van der Waals surface area contributed by atoms with Crippen molar-refractivity contribution >= 4 is 39.1 Å². The van der Waals surface area contributed by atoms with Crippen LogP contribution < -0.4 is 5.32 Å². The molecule has 1 heterocycles. The Bertz CT molecular complexity index is 489. The van der Waals surface area contributed by atoms with E-state index in [1.165, 1.54) is 11.0 Å². The molecule has 1 aromatic heterocycles. The van der Waals surface area contributed by atoms with Gasteiger partial charge in [-0.3, -0.25) is 4.79 Å². The molecule has 1 aromatic rings. The summed E-state index contributed by atoms with van der Waals surface area (Å²) in [5.74, 6) is -1.38. The van der Waals surface area contributed by atoms with Gasteiger partial charge in [0.25, 0.3) is 0 Å². The molecule has 0 bridgehead atoms. The van der Waals surface area contributed by atoms with E-state index in [2.05, 4.69) is 27.8 Å². The normalized spacial score (nSPS) is 11.9. The van der Waals surface area contributed by atoms with Gasteiger partial charge in [-0.1, -0.05) is 6.08 Å². The van der Waals surface area contributed by atoms with Crippen molar-refractivity contribution in [2.75, 3.05) is 13.2 Å². The van der Waals surface area contributed by atoms with Crippen LogP contribution in [0, 0.1) is 0 Å². The molecule has 0 aliphatic rings. The van der Waals surface area contributed by atoms with E-state index in [4.69, 9.17) is 9.84 Å². The maximum absolute atomic E-state index is 11.7. The molecule has 0 fully saturated rings. The lowest BCUT2D eigenvalue weighted by Crippen LogP contribution is -2.44. The Morgan fingerprint density at radius 2 is 2.29 bits per heavy atom. The van der Waals surface area contributed by atoms with Gasteiger partial charge in [-0.05, 0) is 40.9 Å². The number of halogens is 1. The Hall–Kier alpha value is -1.18. The van der Waals surface area contributed by atoms with E-state index in [9.17, 15) is 9.59 Å². The molecule has 1 unspecified atom stereocenters. The first-order valence-electron chi connectivity index (χ1n) is 6.48. The standard InChI is InChI=1S/C14H18BrNO4S/c1-2-8-20-9-11(14(18)19)16-13(17)5-3-4-10-6-7-12(15)21-10/h2,6-7,11H,1,3-5,8-9H2,(H,16,17)(H,18,19). The van der Waals surface area contributed by atoms with Crippen LogP contribution in [0.2, 0.25) is 0 Å². The average Bonchev–Trinajstić information content (AvgIpc) is 2.83. The first-order chi connectivity index (χ1) is 10.0. The number of hydrogen-bond acceptors (Lipinski definition) is 4. The topological polar surface area (TPSA) is 75.6 Å². The summed E-state index contributed by atoms with van der Waals surface area (Å²) in [5, 5.41) is 11.5. The summed E-state index contributed by atoms with van der Waals surface area (Å²) in [4.78, 5) is 23.9. The molecule has 0 aliphatic carbocycles. The first-order valence-corrected chi connectivity index (χ1v) is 8.09. The third kappa shape index (κ3) is 7.40. The monoisotopic (exact) mass is 375 g/mol. The van der Waals surface area contributed by atoms with E-state index >= 15 is 0 Å². The summed E-state index contributed by atoms with van der Waals surface area (Å²) in [6, 6.07) is 2.96. The maximum atomic E-state index is 11.7. The molecule has 0 saturated carbocycles. The minimum Gasteiger partial charge on any atom is -0.480 e. The van der Waals surface area contributed by atoms with Gasteiger partial charge >= 0.3 is 5.97 Å². The van der Waals surface area contributed by atoms with Gasteiger partial charge in [0.1, 0.15) is 0 Å². The van der Waals surface area contributed by atoms with Crippen LogP contribution in [0.15, 0.2) is 28.6 Å². The van der Waals surface area contributed by atoms with Crippen LogP contribution >= 0.6 is 27.3 Å². The zero-order valence-corrected chi connectivity index (χ0v) is 13.9. The van der Waals surface area contributed by atoms with Crippen LogP contribution in [0.1, 0.15) is 17.7 Å². The van der Waals surface area contributed by atoms with Gasteiger partial charge in [-0.25, -0.2) is 4.79 Å². The van der Waals surface area contributed by atoms with Gasteiger partial charge in [0.05, 0.1) is 17.0 Å². The van der Waals surface area contributed by atoms with Crippen LogP contribution in [0.5, 0.6) is 0 Å². The predicted octanol–water partition coefficient (Wildman–Crippen LogP) is 2.61. The molecule has 1 rings (SSSR count). The highest BCUT2D eigenvalue weighted by Crippen LogP contribution is 2.23. The molecule has 0 aliphatic heterocycles. The lowest BCUT2D eigenvalue weighted by Gasteiger charge is -2.14. The molecule has 2 N–H and O–H groups in total. The van der Waals surface area contributed by atoms with Crippen molar-refractivity contribution in [3.8, 4) is 0 Å². The molecule has 0 radical (unpaired) electrons. The largest absolute Gasteiger partial charge is 0.480 e. The summed E-state index contributed by atoms with van der Waals surface area (Å²) in [6.45, 7) is 3.66. The quantitative estimate of drug-likeness (QED) is 0.486. The van der Waals surface area contributed by atoms with E-state index < -0.39 is 12.0 Å². The highest BCUT2D eigenvalue weighted by molar-refractivity contribution is 9.11. The Labute approximate surface area is 136 Å². The number of ether oxygens (including phenoxy) is 1. The third-order valence-electron chi connectivity index (χ3n) is 2.61. The van der Waals surface area contributed by atoms with Crippen LogP contribution in [0.4, 0.5) is 0 Å². The Kier molecular flexibility index (Phi) is 8.26. The number of amides is 1. The number of carboxylic acids is 1. The number of hydrogen-bond donors (Lipinski definition) is 2. The Morgan fingerprint density at radius 3 is 2.86 bits per heavy atom. The minimum atomic E-state index is -1.10. The predicted molar refractivity (Wildman–Crippen MR) is 85.5 cm³/mol. The van der Waals surface area contributed by atoms with E-state index in [-0.39, 0.29) is 19.1 Å². The SMILES string of the molecule is C=CCOCC(NC(=O)CCCc1ccc(Br)s1)C(=O)O. The van der Waals surface area contributed by atoms with Crippen LogP contribution in [0.25, 0.3) is 0 Å². The van der Waals surface area contributed by atoms with E-state index in [1.54, 1.807) is 11.3 Å². The fourth-order valence-electron chi connectivity index (χ4n) is 1.62. The minimum absolute atomic E-state index is 0.0645. The number of carboxylic acid groups (broad SMARTS) is 1. The lowest BCUT2D eigenvalue weighted by atomic mass is 10.2. The second-order valence-electron chi connectivity index (χ2n) is 4.34. The fraction of sp³-hybridized carbons (Fsp3) is 0.429. The fourth-order valence-corrected chi connectivity index (χ4v) is 3.14. The molecule has 7 heteroatoms. The van der Waals surface area contributed by atoms with Crippen molar-refractivity contribution in [1.82, 2.24) is 5.32 Å². The van der Waals surface area contributed by atoms with E-state index in [0.717, 1.165) is 10.2 Å². The summed E-state index contributed by atoms with van der Waals surface area (Å²) < 4.78 is 6.13. The van der Waals surface area contributed by atoms with Crippen molar-refractivity contribution < 1.29 is 19.4 Å². The molecule has 0 aromatic carbocycles. The summed E-state index contributed by atoms with van der Waals surface area (Å²) >= 11 is 5.02. The number of aryl methyl sites for hydroxylation is 1. The molecule has 0 saturated heterocycles. The van der Waals surface area contributed by atoms with Crippen molar-refractivity contribution in [3.05, 3.63) is 33.5 Å². The van der Waals surface area contributed by atoms with Gasteiger partial charge in [0.15, 0.2) is 6.04 Å². The highest BCUT2D eigenvalue weighted by Gasteiger charge is 2.19. The number of aliphatic carboxylic acids is 1. The zero-order chi connectivity index (χ0) is 15.7. The molecule has 116 valence electrons. The molecule has 1 amide bonds. The van der Waals surface area contributed by atoms with Crippen molar-refractivity contribution in [2.24, 2.45) is 0 Å². The highest BCUT2D eigenvalue weighted by atomic mass is 79.9. The molecular weight excluding hydrogens is 358 g/mol. The summed E-state index contributed by atoms with van der Waals surface area (Å²) in [7, 11) is 0. The van der Waals surface area contributed by atoms with Gasteiger partial charge < -0.3 is 15.2 Å². The summed E-state index contributed by atoms with van der Waals surface area (Å²) in [6.07, 6.45) is 3.30. The second kappa shape index (κ2) is 9.70. The number of nitrogens with one attached hydrogen (secondary N) is 1. The van der Waals surface area contributed by atoms with Crippen LogP contribution in [-0.4, -0.2) is 36.2 Å². The summed E-state index contributed by atoms with van der Waals surface area (Å²) in [5.41, 5.74) is 0. The van der Waals surface area contributed by atoms with Crippen LogP contribution in [-0.2, 0) is 20.7 Å². The second-order valence-corrected chi connectivity index (χ2v) is 6.89. The van der Waals surface area contributed by atoms with Gasteiger partial charge in [0.2, 0.25) is 5.91 Å². The number of carbonyl (C=O) groups excluding carboxylic acids is 1. The lowest BCUT2D eigenvalue weighted by molar-refractivity contribution is -0.143. The van der Waals surface area contributed by atoms with Gasteiger partial charge in [-0.15, -0.1) is 17.9 Å². The first kappa shape index (κ1) is 17.9. The number of rotatable bonds is 10. The molecule has 0 spiro atoms. The van der Waals surface area contributed by atoms with Crippen molar-refractivity contribution in [1.29, 1.82) is 0 Å². The number of thiophene rings is 1. The number of carbonyl (C=O) groups is 2. The Balaban J connectivity index is 2.29. The Morgan fingerprint density at radius 1 is 1.52 bits per heavy atom. The van der Waals surface area contributed by atoms with Gasteiger partial charge in [-0.2, -0.15) is 0 Å². The van der Waals surface area contributed by atoms with E-state index in [1.807, 2.05) is 12.1 Å². The third-order valence-corrected chi connectivity index (χ3v) is 4.29. The van der Waals surface area contributed by atoms with Gasteiger partial charge in [0, 0.05) is 11.3 Å². The molecule has 5 nitrogen and oxygen atoms in total. The smallest absolute Gasteiger partial charge is 0.328 e. The van der Waals surface area contributed by atoms with Crippen molar-refractivity contribution in [2.45, 2.75) is 25.3 Å². The maximum Gasteiger partial charge on any atom is 0.328 e. The zero-order valence-electron chi connectivity index (χ0n) is 11.5. The van der Waals surface area contributed by atoms with Crippen LogP contribution in [0.3, 0.4) is 0 Å². The van der Waals surface area contributed by atoms with Crippen molar-refractivity contribution in [3.63, 3.8) is 0 Å².